The molecule has 0 saturated heterocycles. The van der Waals surface area contributed by atoms with Crippen molar-refractivity contribution in [2.75, 3.05) is 5.75 Å². The monoisotopic (exact) mass is 202 g/mol. The fourth-order valence-electron chi connectivity index (χ4n) is 1.53. The van der Waals surface area contributed by atoms with Crippen molar-refractivity contribution in [2.24, 2.45) is 5.41 Å². The van der Waals surface area contributed by atoms with Crippen LogP contribution in [0.3, 0.4) is 0 Å². The molecule has 1 unspecified atom stereocenters. The lowest BCUT2D eigenvalue weighted by Gasteiger charge is -2.26. The van der Waals surface area contributed by atoms with Gasteiger partial charge in [0.05, 0.1) is 6.10 Å². The average molecular weight is 202 g/mol. The smallest absolute Gasteiger partial charge is 0.0678 e. The van der Waals surface area contributed by atoms with Crippen molar-refractivity contribution in [2.45, 2.75) is 57.8 Å². The van der Waals surface area contributed by atoms with E-state index in [1.54, 1.807) is 0 Å². The van der Waals surface area contributed by atoms with E-state index in [-0.39, 0.29) is 11.5 Å². The molecule has 1 N–H and O–H groups in total. The number of aliphatic hydroxyl groups is 1. The minimum Gasteiger partial charge on any atom is -0.392 e. The van der Waals surface area contributed by atoms with Gasteiger partial charge in [-0.1, -0.05) is 33.6 Å². The Kier molecular flexibility index (Phi) is 4.11. The second-order valence-electron chi connectivity index (χ2n) is 5.12. The van der Waals surface area contributed by atoms with E-state index in [1.807, 2.05) is 11.8 Å². The Morgan fingerprint density at radius 2 is 1.85 bits per heavy atom. The number of rotatable bonds is 3. The molecule has 0 spiro atoms. The van der Waals surface area contributed by atoms with Crippen molar-refractivity contribution in [1.82, 2.24) is 0 Å². The molecule has 78 valence electrons. The number of aliphatic hydroxyl groups excluding tert-OH is 1. The summed E-state index contributed by atoms with van der Waals surface area (Å²) in [6.45, 7) is 6.31. The van der Waals surface area contributed by atoms with Crippen LogP contribution in [0, 0.1) is 5.41 Å². The first-order chi connectivity index (χ1) is 6.00. The van der Waals surface area contributed by atoms with E-state index in [0.29, 0.717) is 0 Å². The molecule has 0 aromatic heterocycles. The second-order valence-corrected chi connectivity index (χ2v) is 6.45. The molecule has 1 atom stereocenters. The van der Waals surface area contributed by atoms with Crippen molar-refractivity contribution in [1.29, 1.82) is 0 Å². The van der Waals surface area contributed by atoms with Crippen molar-refractivity contribution in [3.05, 3.63) is 0 Å². The summed E-state index contributed by atoms with van der Waals surface area (Å²) in [6, 6.07) is 0. The van der Waals surface area contributed by atoms with E-state index in [1.165, 1.54) is 25.7 Å². The summed E-state index contributed by atoms with van der Waals surface area (Å²) in [5.41, 5.74) is 0.0472. The molecule has 0 heterocycles. The van der Waals surface area contributed by atoms with Gasteiger partial charge in [0.2, 0.25) is 0 Å². The molecule has 0 radical (unpaired) electrons. The van der Waals surface area contributed by atoms with Crippen LogP contribution in [0.15, 0.2) is 0 Å². The van der Waals surface area contributed by atoms with Gasteiger partial charge in [0, 0.05) is 11.0 Å². The van der Waals surface area contributed by atoms with Gasteiger partial charge < -0.3 is 5.11 Å². The fourth-order valence-corrected chi connectivity index (χ4v) is 3.15. The maximum Gasteiger partial charge on any atom is 0.0678 e. The molecule has 1 saturated carbocycles. The molecular formula is C11H22OS. The summed E-state index contributed by atoms with van der Waals surface area (Å²) in [5.74, 6) is 0.911. The molecule has 0 aromatic rings. The molecule has 0 aliphatic heterocycles. The zero-order valence-electron chi connectivity index (χ0n) is 9.05. The van der Waals surface area contributed by atoms with Crippen LogP contribution >= 0.6 is 11.8 Å². The third kappa shape index (κ3) is 3.90. The molecule has 1 aliphatic rings. The summed E-state index contributed by atoms with van der Waals surface area (Å²) in [6.07, 6.45) is 5.36. The van der Waals surface area contributed by atoms with Crippen LogP contribution in [-0.4, -0.2) is 22.2 Å². The first-order valence-electron chi connectivity index (χ1n) is 5.30. The van der Waals surface area contributed by atoms with E-state index in [4.69, 9.17) is 0 Å². The van der Waals surface area contributed by atoms with E-state index in [0.717, 1.165) is 11.0 Å². The molecule has 1 aliphatic carbocycles. The quantitative estimate of drug-likeness (QED) is 0.759. The lowest BCUT2D eigenvalue weighted by molar-refractivity contribution is 0.0842. The van der Waals surface area contributed by atoms with Crippen LogP contribution in [0.4, 0.5) is 0 Å². The Hall–Kier alpha value is 0.310. The Morgan fingerprint density at radius 1 is 1.31 bits per heavy atom. The van der Waals surface area contributed by atoms with Gasteiger partial charge in [-0.3, -0.25) is 0 Å². The number of hydrogen-bond donors (Lipinski definition) is 1. The van der Waals surface area contributed by atoms with Crippen LogP contribution in [0.5, 0.6) is 0 Å². The van der Waals surface area contributed by atoms with Crippen molar-refractivity contribution in [3.8, 4) is 0 Å². The predicted octanol–water partition coefficient (Wildman–Crippen LogP) is 3.07. The van der Waals surface area contributed by atoms with Crippen LogP contribution in [-0.2, 0) is 0 Å². The van der Waals surface area contributed by atoms with E-state index < -0.39 is 0 Å². The average Bonchev–Trinajstić information content (AvgIpc) is 2.50. The summed E-state index contributed by atoms with van der Waals surface area (Å²) in [4.78, 5) is 0. The molecule has 0 amide bonds. The highest BCUT2D eigenvalue weighted by Gasteiger charge is 2.24. The van der Waals surface area contributed by atoms with E-state index >= 15 is 0 Å². The van der Waals surface area contributed by atoms with Gasteiger partial charge in [0.25, 0.3) is 0 Å². The molecule has 2 heteroatoms. The summed E-state index contributed by atoms with van der Waals surface area (Å²) >= 11 is 1.97. The van der Waals surface area contributed by atoms with E-state index in [9.17, 15) is 5.11 Å². The Morgan fingerprint density at radius 3 is 2.31 bits per heavy atom. The van der Waals surface area contributed by atoms with E-state index in [2.05, 4.69) is 20.8 Å². The molecule has 1 fully saturated rings. The van der Waals surface area contributed by atoms with Crippen LogP contribution in [0.25, 0.3) is 0 Å². The summed E-state index contributed by atoms with van der Waals surface area (Å²) in [7, 11) is 0. The second kappa shape index (κ2) is 4.70. The lowest BCUT2D eigenvalue weighted by atomic mass is 9.90. The van der Waals surface area contributed by atoms with Crippen molar-refractivity contribution in [3.63, 3.8) is 0 Å². The molecule has 1 rings (SSSR count). The van der Waals surface area contributed by atoms with Gasteiger partial charge in [0.15, 0.2) is 0 Å². The predicted molar refractivity (Wildman–Crippen MR) is 60.2 cm³/mol. The molecule has 0 bridgehead atoms. The van der Waals surface area contributed by atoms with Crippen LogP contribution < -0.4 is 0 Å². The highest BCUT2D eigenvalue weighted by atomic mass is 32.2. The van der Waals surface area contributed by atoms with Gasteiger partial charge in [-0.15, -0.1) is 0 Å². The normalized spacial score (nSPS) is 22.2. The van der Waals surface area contributed by atoms with Gasteiger partial charge in [-0.05, 0) is 18.3 Å². The molecule has 0 aromatic carbocycles. The standard InChI is InChI=1S/C11H22OS/c1-11(2,3)10(12)8-13-9-6-4-5-7-9/h9-10,12H,4-8H2,1-3H3. The fraction of sp³-hybridized carbons (Fsp3) is 1.00. The molecule has 13 heavy (non-hydrogen) atoms. The lowest BCUT2D eigenvalue weighted by Crippen LogP contribution is -2.28. The van der Waals surface area contributed by atoms with Crippen LogP contribution in [0.2, 0.25) is 0 Å². The minimum atomic E-state index is -0.155. The summed E-state index contributed by atoms with van der Waals surface area (Å²) in [5, 5.41) is 10.7. The first-order valence-corrected chi connectivity index (χ1v) is 6.34. The van der Waals surface area contributed by atoms with Gasteiger partial charge in [0.1, 0.15) is 0 Å². The summed E-state index contributed by atoms with van der Waals surface area (Å²) < 4.78 is 0. The minimum absolute atomic E-state index is 0.0472. The molecular weight excluding hydrogens is 180 g/mol. The van der Waals surface area contributed by atoms with Crippen molar-refractivity contribution < 1.29 is 5.11 Å². The van der Waals surface area contributed by atoms with Gasteiger partial charge in [-0.2, -0.15) is 11.8 Å². The largest absolute Gasteiger partial charge is 0.392 e. The topological polar surface area (TPSA) is 20.2 Å². The highest BCUT2D eigenvalue weighted by molar-refractivity contribution is 7.99. The van der Waals surface area contributed by atoms with Gasteiger partial charge >= 0.3 is 0 Å². The zero-order chi connectivity index (χ0) is 9.90. The molecule has 1 nitrogen and oxygen atoms in total. The van der Waals surface area contributed by atoms with Crippen LogP contribution in [0.1, 0.15) is 46.5 Å². The first kappa shape index (κ1) is 11.4. The maximum absolute atomic E-state index is 9.83. The number of hydrogen-bond acceptors (Lipinski definition) is 2. The highest BCUT2D eigenvalue weighted by Crippen LogP contribution is 2.32. The third-order valence-corrected chi connectivity index (χ3v) is 4.24. The Bertz CT molecular complexity index is 145. The zero-order valence-corrected chi connectivity index (χ0v) is 9.86. The number of thioether (sulfide) groups is 1. The third-order valence-electron chi connectivity index (χ3n) is 2.79. The maximum atomic E-state index is 9.83. The van der Waals surface area contributed by atoms with Gasteiger partial charge in [-0.25, -0.2) is 0 Å². The SMILES string of the molecule is CC(C)(C)C(O)CSC1CCCC1. The van der Waals surface area contributed by atoms with Crippen molar-refractivity contribution >= 4 is 11.8 Å². The Labute approximate surface area is 86.3 Å². The Balaban J connectivity index is 2.17.